The fourth-order valence-electron chi connectivity index (χ4n) is 2.25. The molecule has 1 heterocycles. The van der Waals surface area contributed by atoms with E-state index in [4.69, 9.17) is 0 Å². The van der Waals surface area contributed by atoms with E-state index >= 15 is 0 Å². The quantitative estimate of drug-likeness (QED) is 0.941. The lowest BCUT2D eigenvalue weighted by Gasteiger charge is -2.27. The van der Waals surface area contributed by atoms with Crippen molar-refractivity contribution in [3.63, 3.8) is 0 Å². The predicted molar refractivity (Wildman–Crippen MR) is 75.2 cm³/mol. The van der Waals surface area contributed by atoms with Crippen molar-refractivity contribution < 1.29 is 8.78 Å². The zero-order chi connectivity index (χ0) is 14.8. The minimum absolute atomic E-state index is 0.160. The smallest absolute Gasteiger partial charge is 0.269 e. The van der Waals surface area contributed by atoms with Crippen LogP contribution < -0.4 is 10.9 Å². The molecule has 0 atom stereocenters. The third-order valence-electron chi connectivity index (χ3n) is 3.72. The summed E-state index contributed by atoms with van der Waals surface area (Å²) in [6.07, 6.45) is 4.88. The Kier molecular flexibility index (Phi) is 3.68. The monoisotopic (exact) mass is 291 g/mol. The van der Waals surface area contributed by atoms with Crippen molar-refractivity contribution in [2.24, 2.45) is 0 Å². The molecular weight excluding hydrogens is 276 g/mol. The number of halogens is 2. The average Bonchev–Trinajstić information content (AvgIpc) is 2.40. The Morgan fingerprint density at radius 2 is 2.00 bits per heavy atom. The SMILES string of the molecule is O=c1cc(NC2CCC2)cnn1Cc1c(F)cccc1F. The second-order valence-electron chi connectivity index (χ2n) is 5.21. The number of aromatic nitrogens is 2. The molecule has 4 nitrogen and oxygen atoms in total. The number of hydrogen-bond donors (Lipinski definition) is 1. The van der Waals surface area contributed by atoms with E-state index in [9.17, 15) is 13.6 Å². The van der Waals surface area contributed by atoms with Crippen LogP contribution in [0.15, 0.2) is 35.3 Å². The third kappa shape index (κ3) is 2.94. The highest BCUT2D eigenvalue weighted by Gasteiger charge is 2.17. The van der Waals surface area contributed by atoms with E-state index in [1.54, 1.807) is 0 Å². The normalized spacial score (nSPS) is 14.8. The first-order chi connectivity index (χ1) is 10.1. The topological polar surface area (TPSA) is 46.9 Å². The van der Waals surface area contributed by atoms with Gasteiger partial charge >= 0.3 is 0 Å². The van der Waals surface area contributed by atoms with Gasteiger partial charge in [-0.05, 0) is 31.4 Å². The van der Waals surface area contributed by atoms with Gasteiger partial charge in [0, 0.05) is 17.7 Å². The van der Waals surface area contributed by atoms with Crippen LogP contribution in [0, 0.1) is 11.6 Å². The van der Waals surface area contributed by atoms with Crippen molar-refractivity contribution in [3.05, 3.63) is 58.0 Å². The fraction of sp³-hybridized carbons (Fsp3) is 0.333. The van der Waals surface area contributed by atoms with Gasteiger partial charge in [0.15, 0.2) is 0 Å². The van der Waals surface area contributed by atoms with Crippen LogP contribution in [0.2, 0.25) is 0 Å². The van der Waals surface area contributed by atoms with E-state index in [1.807, 2.05) is 0 Å². The van der Waals surface area contributed by atoms with Gasteiger partial charge in [-0.2, -0.15) is 5.10 Å². The van der Waals surface area contributed by atoms with Gasteiger partial charge in [0.2, 0.25) is 0 Å². The summed E-state index contributed by atoms with van der Waals surface area (Å²) in [4.78, 5) is 12.0. The molecule has 1 saturated carbocycles. The summed E-state index contributed by atoms with van der Waals surface area (Å²) in [5.74, 6) is -1.36. The van der Waals surface area contributed by atoms with Gasteiger partial charge in [0.05, 0.1) is 18.4 Å². The van der Waals surface area contributed by atoms with Crippen LogP contribution in [0.5, 0.6) is 0 Å². The summed E-state index contributed by atoms with van der Waals surface area (Å²) in [6, 6.07) is 5.41. The Hall–Kier alpha value is -2.24. The van der Waals surface area contributed by atoms with Crippen LogP contribution >= 0.6 is 0 Å². The largest absolute Gasteiger partial charge is 0.381 e. The maximum Gasteiger partial charge on any atom is 0.269 e. The summed E-state index contributed by atoms with van der Waals surface area (Å²) >= 11 is 0. The first-order valence-corrected chi connectivity index (χ1v) is 6.90. The van der Waals surface area contributed by atoms with Gasteiger partial charge in [-0.25, -0.2) is 13.5 Å². The minimum atomic E-state index is -0.680. The molecule has 3 rings (SSSR count). The Labute approximate surface area is 120 Å². The van der Waals surface area contributed by atoms with Crippen LogP contribution in [-0.2, 0) is 6.54 Å². The summed E-state index contributed by atoms with van der Waals surface area (Å²) in [6.45, 7) is -0.221. The van der Waals surface area contributed by atoms with E-state index in [1.165, 1.54) is 24.8 Å². The molecule has 1 aromatic carbocycles. The maximum absolute atomic E-state index is 13.6. The predicted octanol–water partition coefficient (Wildman–Crippen LogP) is 2.53. The number of nitrogens with zero attached hydrogens (tertiary/aromatic N) is 2. The van der Waals surface area contributed by atoms with Gasteiger partial charge in [-0.15, -0.1) is 0 Å². The first-order valence-electron chi connectivity index (χ1n) is 6.90. The van der Waals surface area contributed by atoms with Crippen LogP contribution in [0.1, 0.15) is 24.8 Å². The molecule has 2 aromatic rings. The average molecular weight is 291 g/mol. The highest BCUT2D eigenvalue weighted by Crippen LogP contribution is 2.22. The lowest BCUT2D eigenvalue weighted by molar-refractivity contribution is 0.445. The van der Waals surface area contributed by atoms with Gasteiger partial charge in [0.1, 0.15) is 11.6 Å². The molecule has 110 valence electrons. The Balaban J connectivity index is 1.81. The van der Waals surface area contributed by atoms with Gasteiger partial charge < -0.3 is 5.32 Å². The first kappa shape index (κ1) is 13.7. The fourth-order valence-corrected chi connectivity index (χ4v) is 2.25. The lowest BCUT2D eigenvalue weighted by Crippen LogP contribution is -2.29. The molecule has 21 heavy (non-hydrogen) atoms. The summed E-state index contributed by atoms with van der Waals surface area (Å²) in [7, 11) is 0. The molecule has 0 aliphatic heterocycles. The van der Waals surface area contributed by atoms with Gasteiger partial charge in [-0.3, -0.25) is 4.79 Å². The van der Waals surface area contributed by atoms with Crippen molar-refractivity contribution in [1.82, 2.24) is 9.78 Å². The molecule has 1 fully saturated rings. The van der Waals surface area contributed by atoms with E-state index < -0.39 is 11.6 Å². The van der Waals surface area contributed by atoms with Crippen molar-refractivity contribution in [2.75, 3.05) is 5.32 Å². The van der Waals surface area contributed by atoms with Crippen LogP contribution in [-0.4, -0.2) is 15.8 Å². The Morgan fingerprint density at radius 1 is 1.29 bits per heavy atom. The van der Waals surface area contributed by atoms with Crippen LogP contribution in [0.3, 0.4) is 0 Å². The molecule has 1 aromatic heterocycles. The summed E-state index contributed by atoms with van der Waals surface area (Å²) < 4.78 is 28.2. The molecule has 1 aliphatic rings. The molecule has 6 heteroatoms. The minimum Gasteiger partial charge on any atom is -0.381 e. The Morgan fingerprint density at radius 3 is 2.57 bits per heavy atom. The van der Waals surface area contributed by atoms with Crippen LogP contribution in [0.4, 0.5) is 14.5 Å². The van der Waals surface area contributed by atoms with E-state index in [-0.39, 0.29) is 17.7 Å². The molecule has 0 bridgehead atoms. The molecule has 0 unspecified atom stereocenters. The Bertz CT molecular complexity index is 690. The maximum atomic E-state index is 13.6. The molecule has 1 N–H and O–H groups in total. The summed E-state index contributed by atoms with van der Waals surface area (Å²) in [5, 5.41) is 7.18. The molecular formula is C15H15F2N3O. The number of benzene rings is 1. The molecule has 1 aliphatic carbocycles. The zero-order valence-corrected chi connectivity index (χ0v) is 11.4. The van der Waals surface area contributed by atoms with Gasteiger partial charge in [-0.1, -0.05) is 6.07 Å². The number of anilines is 1. The summed E-state index contributed by atoms with van der Waals surface area (Å²) in [5.41, 5.74) is 0.101. The lowest BCUT2D eigenvalue weighted by atomic mass is 9.93. The molecule has 0 saturated heterocycles. The van der Waals surface area contributed by atoms with Crippen molar-refractivity contribution in [2.45, 2.75) is 31.8 Å². The van der Waals surface area contributed by atoms with Crippen molar-refractivity contribution in [3.8, 4) is 0 Å². The van der Waals surface area contributed by atoms with Crippen molar-refractivity contribution in [1.29, 1.82) is 0 Å². The second-order valence-corrected chi connectivity index (χ2v) is 5.21. The standard InChI is InChI=1S/C15H15F2N3O/c16-13-5-2-6-14(17)12(13)9-20-15(21)7-11(8-18-20)19-10-3-1-4-10/h2,5-8,10,19H,1,3-4,9H2. The highest BCUT2D eigenvalue weighted by atomic mass is 19.1. The number of rotatable bonds is 4. The van der Waals surface area contributed by atoms with E-state index in [0.717, 1.165) is 29.7 Å². The van der Waals surface area contributed by atoms with E-state index in [0.29, 0.717) is 11.7 Å². The molecule has 0 amide bonds. The zero-order valence-electron chi connectivity index (χ0n) is 11.4. The third-order valence-corrected chi connectivity index (χ3v) is 3.72. The second kappa shape index (κ2) is 5.63. The number of nitrogens with one attached hydrogen (secondary N) is 1. The van der Waals surface area contributed by atoms with Gasteiger partial charge in [0.25, 0.3) is 5.56 Å². The highest BCUT2D eigenvalue weighted by molar-refractivity contribution is 5.40. The van der Waals surface area contributed by atoms with E-state index in [2.05, 4.69) is 10.4 Å². The van der Waals surface area contributed by atoms with Crippen LogP contribution in [0.25, 0.3) is 0 Å². The van der Waals surface area contributed by atoms with Crippen molar-refractivity contribution >= 4 is 5.69 Å². The number of hydrogen-bond acceptors (Lipinski definition) is 3. The molecule has 0 spiro atoms. The molecule has 0 radical (unpaired) electrons.